The van der Waals surface area contributed by atoms with E-state index in [0.717, 1.165) is 5.56 Å². The fraction of sp³-hybridized carbons (Fsp3) is 0.286. The first-order chi connectivity index (χ1) is 12.7. The van der Waals surface area contributed by atoms with Crippen LogP contribution in [0.5, 0.6) is 0 Å². The summed E-state index contributed by atoms with van der Waals surface area (Å²) < 4.78 is 0. The molecule has 6 heteroatoms. The number of anilines is 1. The van der Waals surface area contributed by atoms with E-state index < -0.39 is 11.8 Å². The van der Waals surface area contributed by atoms with E-state index in [-0.39, 0.29) is 11.3 Å². The number of rotatable bonds is 4. The van der Waals surface area contributed by atoms with E-state index in [1.807, 2.05) is 12.1 Å². The van der Waals surface area contributed by atoms with Gasteiger partial charge in [0.25, 0.3) is 11.8 Å². The molecule has 0 unspecified atom stereocenters. The van der Waals surface area contributed by atoms with Crippen LogP contribution in [0, 0.1) is 0 Å². The highest BCUT2D eigenvalue weighted by Gasteiger charge is 2.15. The van der Waals surface area contributed by atoms with E-state index in [4.69, 9.17) is 0 Å². The zero-order valence-corrected chi connectivity index (χ0v) is 16.1. The summed E-state index contributed by atoms with van der Waals surface area (Å²) in [5.74, 6) is -0.935. The minimum Gasteiger partial charge on any atom is -0.326 e. The molecule has 0 radical (unpaired) electrons. The van der Waals surface area contributed by atoms with Crippen LogP contribution in [0.1, 0.15) is 60.4 Å². The number of benzene rings is 2. The molecule has 0 bridgehead atoms. The number of hydrazine groups is 1. The maximum absolute atomic E-state index is 12.2. The highest BCUT2D eigenvalue weighted by molar-refractivity contribution is 5.99. The second kappa shape index (κ2) is 8.49. The number of carbonyl (C=O) groups is 3. The summed E-state index contributed by atoms with van der Waals surface area (Å²) in [4.78, 5) is 35.7. The smallest absolute Gasteiger partial charge is 0.269 e. The van der Waals surface area contributed by atoms with Crippen LogP contribution in [0.2, 0.25) is 0 Å². The summed E-state index contributed by atoms with van der Waals surface area (Å²) in [5.41, 5.74) is 7.36. The Hall–Kier alpha value is -3.15. The van der Waals surface area contributed by atoms with Crippen LogP contribution in [-0.4, -0.2) is 17.7 Å². The lowest BCUT2D eigenvalue weighted by Gasteiger charge is -2.19. The lowest BCUT2D eigenvalue weighted by Crippen LogP contribution is -2.41. The first-order valence-electron chi connectivity index (χ1n) is 8.82. The van der Waals surface area contributed by atoms with Crippen molar-refractivity contribution in [3.05, 3.63) is 65.2 Å². The van der Waals surface area contributed by atoms with Crippen LogP contribution in [0.15, 0.2) is 48.5 Å². The quantitative estimate of drug-likeness (QED) is 0.724. The van der Waals surface area contributed by atoms with E-state index in [1.165, 1.54) is 0 Å². The highest BCUT2D eigenvalue weighted by atomic mass is 16.2. The van der Waals surface area contributed by atoms with Gasteiger partial charge in [-0.25, -0.2) is 0 Å². The Morgan fingerprint density at radius 1 is 0.778 bits per heavy atom. The molecule has 27 heavy (non-hydrogen) atoms. The van der Waals surface area contributed by atoms with Crippen LogP contribution in [-0.2, 0) is 10.2 Å². The van der Waals surface area contributed by atoms with Gasteiger partial charge in [-0.3, -0.25) is 25.2 Å². The number of hydrogen-bond acceptors (Lipinski definition) is 3. The predicted molar refractivity (Wildman–Crippen MR) is 105 cm³/mol. The molecule has 3 amide bonds. The van der Waals surface area contributed by atoms with Crippen LogP contribution in [0.25, 0.3) is 0 Å². The van der Waals surface area contributed by atoms with Crippen LogP contribution in [0.3, 0.4) is 0 Å². The molecule has 0 aliphatic heterocycles. The van der Waals surface area contributed by atoms with Gasteiger partial charge in [0.2, 0.25) is 5.91 Å². The predicted octanol–water partition coefficient (Wildman–Crippen LogP) is 3.41. The molecule has 6 nitrogen and oxygen atoms in total. The van der Waals surface area contributed by atoms with Crippen molar-refractivity contribution in [2.45, 2.75) is 39.5 Å². The molecule has 0 aromatic heterocycles. The molecule has 2 aromatic carbocycles. The Kier molecular flexibility index (Phi) is 6.34. The van der Waals surface area contributed by atoms with Gasteiger partial charge in [0.05, 0.1) is 0 Å². The Labute approximate surface area is 159 Å². The first-order valence-corrected chi connectivity index (χ1v) is 8.82. The first kappa shape index (κ1) is 20.2. The lowest BCUT2D eigenvalue weighted by atomic mass is 9.87. The molecule has 0 saturated heterocycles. The molecule has 2 rings (SSSR count). The highest BCUT2D eigenvalue weighted by Crippen LogP contribution is 2.22. The van der Waals surface area contributed by atoms with Crippen molar-refractivity contribution in [1.82, 2.24) is 10.9 Å². The molecule has 3 N–H and O–H groups in total. The molecule has 0 aliphatic carbocycles. The summed E-state index contributed by atoms with van der Waals surface area (Å²) in [6.07, 6.45) is 0.380. The van der Waals surface area contributed by atoms with Crippen molar-refractivity contribution in [1.29, 1.82) is 0 Å². The molecular weight excluding hydrogens is 342 g/mol. The minimum atomic E-state index is -0.442. The lowest BCUT2D eigenvalue weighted by molar-refractivity contribution is -0.115. The third kappa shape index (κ3) is 5.67. The topological polar surface area (TPSA) is 87.3 Å². The van der Waals surface area contributed by atoms with Crippen LogP contribution < -0.4 is 16.2 Å². The average Bonchev–Trinajstić information content (AvgIpc) is 2.65. The van der Waals surface area contributed by atoms with Crippen molar-refractivity contribution < 1.29 is 14.4 Å². The third-order valence-corrected chi connectivity index (χ3v) is 4.05. The van der Waals surface area contributed by atoms with Gasteiger partial charge in [-0.2, -0.15) is 0 Å². The minimum absolute atomic E-state index is 0.00594. The molecule has 0 heterocycles. The maximum Gasteiger partial charge on any atom is 0.269 e. The summed E-state index contributed by atoms with van der Waals surface area (Å²) in [7, 11) is 0. The SMILES string of the molecule is CCC(=O)Nc1ccc(C(=O)NNC(=O)c2ccc(C(C)(C)C)cc2)cc1. The van der Waals surface area contributed by atoms with Gasteiger partial charge < -0.3 is 5.32 Å². The Bertz CT molecular complexity index is 819. The number of carbonyl (C=O) groups excluding carboxylic acids is 3. The van der Waals surface area contributed by atoms with E-state index in [1.54, 1.807) is 43.3 Å². The molecular formula is C21H25N3O3. The average molecular weight is 367 g/mol. The molecule has 142 valence electrons. The van der Waals surface area contributed by atoms with Gasteiger partial charge in [0, 0.05) is 23.2 Å². The van der Waals surface area contributed by atoms with E-state index in [0.29, 0.717) is 23.2 Å². The largest absolute Gasteiger partial charge is 0.326 e. The van der Waals surface area contributed by atoms with Gasteiger partial charge in [-0.15, -0.1) is 0 Å². The maximum atomic E-state index is 12.2. The third-order valence-electron chi connectivity index (χ3n) is 4.05. The standard InChI is InChI=1S/C21H25N3O3/c1-5-18(25)22-17-12-8-15(9-13-17)20(27)24-23-19(26)14-6-10-16(11-7-14)21(2,3)4/h6-13H,5H2,1-4H3,(H,22,25)(H,23,26)(H,24,27). The zero-order chi connectivity index (χ0) is 20.0. The number of nitrogens with one attached hydrogen (secondary N) is 3. The van der Waals surface area contributed by atoms with E-state index in [2.05, 4.69) is 36.9 Å². The Morgan fingerprint density at radius 3 is 1.63 bits per heavy atom. The fourth-order valence-electron chi connectivity index (χ4n) is 2.33. The molecule has 0 spiro atoms. The monoisotopic (exact) mass is 367 g/mol. The molecule has 0 aliphatic rings. The van der Waals surface area contributed by atoms with Crippen molar-refractivity contribution in [3.8, 4) is 0 Å². The molecule has 2 aromatic rings. The van der Waals surface area contributed by atoms with Crippen molar-refractivity contribution >= 4 is 23.4 Å². The van der Waals surface area contributed by atoms with E-state index >= 15 is 0 Å². The number of amides is 3. The summed E-state index contributed by atoms with van der Waals surface area (Å²) in [6, 6.07) is 13.7. The second-order valence-corrected chi connectivity index (χ2v) is 7.21. The van der Waals surface area contributed by atoms with Gasteiger partial charge in [-0.1, -0.05) is 39.8 Å². The van der Waals surface area contributed by atoms with Crippen LogP contribution in [0.4, 0.5) is 5.69 Å². The van der Waals surface area contributed by atoms with Gasteiger partial charge in [0.1, 0.15) is 0 Å². The van der Waals surface area contributed by atoms with Crippen molar-refractivity contribution in [3.63, 3.8) is 0 Å². The summed E-state index contributed by atoms with van der Waals surface area (Å²) in [5, 5.41) is 2.70. The molecule has 0 atom stereocenters. The van der Waals surface area contributed by atoms with Crippen molar-refractivity contribution in [2.75, 3.05) is 5.32 Å². The summed E-state index contributed by atoms with van der Waals surface area (Å²) >= 11 is 0. The number of hydrogen-bond donors (Lipinski definition) is 3. The molecule has 0 fully saturated rings. The zero-order valence-electron chi connectivity index (χ0n) is 16.1. The van der Waals surface area contributed by atoms with Crippen molar-refractivity contribution in [2.24, 2.45) is 0 Å². The molecule has 0 saturated carbocycles. The normalized spacial score (nSPS) is 10.8. The van der Waals surface area contributed by atoms with E-state index in [9.17, 15) is 14.4 Å². The van der Waals surface area contributed by atoms with Gasteiger partial charge in [0.15, 0.2) is 0 Å². The Morgan fingerprint density at radius 2 is 1.22 bits per heavy atom. The van der Waals surface area contributed by atoms with Crippen LogP contribution >= 0.6 is 0 Å². The fourth-order valence-corrected chi connectivity index (χ4v) is 2.33. The second-order valence-electron chi connectivity index (χ2n) is 7.21. The Balaban J connectivity index is 1.92. The summed E-state index contributed by atoms with van der Waals surface area (Å²) in [6.45, 7) is 8.06. The van der Waals surface area contributed by atoms with Gasteiger partial charge >= 0.3 is 0 Å². The van der Waals surface area contributed by atoms with Gasteiger partial charge in [-0.05, 0) is 47.4 Å².